The van der Waals surface area contributed by atoms with Crippen LogP contribution in [0.3, 0.4) is 0 Å². The predicted octanol–water partition coefficient (Wildman–Crippen LogP) is 5.18. The Bertz CT molecular complexity index is 916. The number of methoxy groups -OCH3 is 1. The SMILES string of the molecule is COc1ccc(-c2c[n+](CC(=O)O[C@H]3C[C@@H](C)CC[C@H]3C(C)C)c3n2CCCCC3)cc1. The van der Waals surface area contributed by atoms with E-state index in [1.165, 1.54) is 30.8 Å². The van der Waals surface area contributed by atoms with Crippen molar-refractivity contribution in [2.24, 2.45) is 17.8 Å². The van der Waals surface area contributed by atoms with Gasteiger partial charge in [0.1, 0.15) is 18.1 Å². The third-order valence-electron chi connectivity index (χ3n) is 7.42. The van der Waals surface area contributed by atoms with Crippen molar-refractivity contribution in [2.75, 3.05) is 7.11 Å². The predicted molar refractivity (Wildman–Crippen MR) is 125 cm³/mol. The first-order valence-corrected chi connectivity index (χ1v) is 12.4. The summed E-state index contributed by atoms with van der Waals surface area (Å²) in [7, 11) is 1.69. The molecule has 1 aliphatic heterocycles. The lowest BCUT2D eigenvalue weighted by Crippen LogP contribution is -2.44. The molecule has 2 aliphatic rings. The molecule has 5 heteroatoms. The molecule has 0 unspecified atom stereocenters. The Morgan fingerprint density at radius 1 is 1.16 bits per heavy atom. The molecule has 4 rings (SSSR count). The molecule has 1 aromatic carbocycles. The molecule has 32 heavy (non-hydrogen) atoms. The average molecular weight is 440 g/mol. The zero-order valence-electron chi connectivity index (χ0n) is 20.2. The Morgan fingerprint density at radius 3 is 2.66 bits per heavy atom. The second-order valence-corrected chi connectivity index (χ2v) is 10.1. The van der Waals surface area contributed by atoms with E-state index < -0.39 is 0 Å². The highest BCUT2D eigenvalue weighted by Crippen LogP contribution is 2.35. The summed E-state index contributed by atoms with van der Waals surface area (Å²) in [6.45, 7) is 8.08. The van der Waals surface area contributed by atoms with Crippen LogP contribution in [0.4, 0.5) is 0 Å². The van der Waals surface area contributed by atoms with Gasteiger partial charge in [-0.25, -0.2) is 13.9 Å². The number of imidazole rings is 1. The molecule has 1 aromatic heterocycles. The number of ether oxygens (including phenoxy) is 2. The standard InChI is InChI=1S/C27H39N2O3/c1-19(2)23-14-9-20(3)16-25(23)32-27(30)18-28-17-24(21-10-12-22(31-4)13-11-21)29-15-7-5-6-8-26(28)29/h10-13,17,19-20,23,25H,5-9,14-16,18H2,1-4H3/q+1/t20-,23-,25-/m0/s1. The van der Waals surface area contributed by atoms with E-state index in [-0.39, 0.29) is 12.1 Å². The third-order valence-corrected chi connectivity index (χ3v) is 7.42. The van der Waals surface area contributed by atoms with Crippen LogP contribution in [0.15, 0.2) is 30.5 Å². The molecule has 0 amide bonds. The maximum Gasteiger partial charge on any atom is 0.348 e. The third kappa shape index (κ3) is 5.02. The number of nitrogens with zero attached hydrogens (tertiary/aromatic N) is 2. The van der Waals surface area contributed by atoms with Gasteiger partial charge in [-0.2, -0.15) is 0 Å². The summed E-state index contributed by atoms with van der Waals surface area (Å²) in [5.41, 5.74) is 2.32. The number of rotatable bonds is 6. The van der Waals surface area contributed by atoms with Crippen molar-refractivity contribution >= 4 is 5.97 Å². The van der Waals surface area contributed by atoms with Gasteiger partial charge in [0.05, 0.1) is 13.7 Å². The smallest absolute Gasteiger partial charge is 0.348 e. The Kier molecular flexibility index (Phi) is 7.22. The van der Waals surface area contributed by atoms with E-state index in [1.54, 1.807) is 7.11 Å². The Labute approximate surface area is 192 Å². The summed E-state index contributed by atoms with van der Waals surface area (Å²) in [6.07, 6.45) is 10.1. The number of fused-ring (bicyclic) bond motifs is 1. The Hall–Kier alpha value is -2.30. The second-order valence-electron chi connectivity index (χ2n) is 10.1. The molecule has 1 fully saturated rings. The molecule has 2 aromatic rings. The fourth-order valence-electron chi connectivity index (χ4n) is 5.57. The molecule has 2 heterocycles. The van der Waals surface area contributed by atoms with Gasteiger partial charge < -0.3 is 9.47 Å². The van der Waals surface area contributed by atoms with Crippen molar-refractivity contribution in [1.82, 2.24) is 4.57 Å². The molecular weight excluding hydrogens is 400 g/mol. The van der Waals surface area contributed by atoms with E-state index in [0.717, 1.165) is 43.5 Å². The largest absolute Gasteiger partial charge is 0.497 e. The second kappa shape index (κ2) is 10.1. The Balaban J connectivity index is 1.56. The topological polar surface area (TPSA) is 44.3 Å². The summed E-state index contributed by atoms with van der Waals surface area (Å²) in [5, 5.41) is 0. The van der Waals surface area contributed by atoms with Gasteiger partial charge >= 0.3 is 5.97 Å². The van der Waals surface area contributed by atoms with Gasteiger partial charge in [-0.3, -0.25) is 0 Å². The van der Waals surface area contributed by atoms with Crippen molar-refractivity contribution < 1.29 is 18.8 Å². The van der Waals surface area contributed by atoms with Gasteiger partial charge in [0.15, 0.2) is 12.2 Å². The van der Waals surface area contributed by atoms with Gasteiger partial charge in [0, 0.05) is 12.0 Å². The van der Waals surface area contributed by atoms with Crippen LogP contribution < -0.4 is 9.30 Å². The molecule has 0 radical (unpaired) electrons. The van der Waals surface area contributed by atoms with Crippen molar-refractivity contribution in [3.8, 4) is 17.0 Å². The lowest BCUT2D eigenvalue weighted by molar-refractivity contribution is -0.692. The van der Waals surface area contributed by atoms with Crippen LogP contribution in [-0.2, 0) is 29.0 Å². The minimum Gasteiger partial charge on any atom is -0.497 e. The highest BCUT2D eigenvalue weighted by Gasteiger charge is 2.34. The number of hydrogen-bond acceptors (Lipinski definition) is 3. The lowest BCUT2D eigenvalue weighted by atomic mass is 9.75. The minimum absolute atomic E-state index is 0.0501. The normalized spacial score (nSPS) is 23.5. The van der Waals surface area contributed by atoms with Crippen LogP contribution in [-0.4, -0.2) is 23.8 Å². The minimum atomic E-state index is -0.0984. The molecule has 5 nitrogen and oxygen atoms in total. The van der Waals surface area contributed by atoms with Gasteiger partial charge in [0.25, 0.3) is 5.82 Å². The lowest BCUT2D eigenvalue weighted by Gasteiger charge is -2.36. The van der Waals surface area contributed by atoms with E-state index in [0.29, 0.717) is 24.3 Å². The summed E-state index contributed by atoms with van der Waals surface area (Å²) in [5.74, 6) is 3.64. The quantitative estimate of drug-likeness (QED) is 0.460. The van der Waals surface area contributed by atoms with Gasteiger partial charge in [-0.1, -0.05) is 27.2 Å². The molecule has 174 valence electrons. The van der Waals surface area contributed by atoms with E-state index >= 15 is 0 Å². The highest BCUT2D eigenvalue weighted by atomic mass is 16.5. The van der Waals surface area contributed by atoms with E-state index in [4.69, 9.17) is 9.47 Å². The van der Waals surface area contributed by atoms with Crippen LogP contribution in [0.2, 0.25) is 0 Å². The van der Waals surface area contributed by atoms with Crippen molar-refractivity contribution in [3.05, 3.63) is 36.3 Å². The number of aromatic nitrogens is 2. The monoisotopic (exact) mass is 439 g/mol. The maximum absolute atomic E-state index is 13.1. The molecule has 3 atom stereocenters. The van der Waals surface area contributed by atoms with Crippen molar-refractivity contribution in [1.29, 1.82) is 0 Å². The zero-order valence-corrected chi connectivity index (χ0v) is 20.2. The van der Waals surface area contributed by atoms with Crippen LogP contribution in [0.5, 0.6) is 5.75 Å². The summed E-state index contributed by atoms with van der Waals surface area (Å²) in [4.78, 5) is 13.1. The van der Waals surface area contributed by atoms with Crippen LogP contribution in [0.1, 0.15) is 65.1 Å². The van der Waals surface area contributed by atoms with Crippen molar-refractivity contribution in [2.45, 2.75) is 84.9 Å². The van der Waals surface area contributed by atoms with E-state index in [1.807, 2.05) is 12.1 Å². The van der Waals surface area contributed by atoms with E-state index in [2.05, 4.69) is 48.2 Å². The Morgan fingerprint density at radius 2 is 1.94 bits per heavy atom. The van der Waals surface area contributed by atoms with Gasteiger partial charge in [-0.05, 0) is 74.1 Å². The molecule has 0 spiro atoms. The van der Waals surface area contributed by atoms with Gasteiger partial charge in [-0.15, -0.1) is 0 Å². The van der Waals surface area contributed by atoms with Gasteiger partial charge in [0.2, 0.25) is 0 Å². The highest BCUT2D eigenvalue weighted by molar-refractivity contribution is 5.68. The van der Waals surface area contributed by atoms with E-state index in [9.17, 15) is 4.79 Å². The number of carbonyl (C=O) groups excluding carboxylic acids is 1. The maximum atomic E-state index is 13.1. The molecule has 0 bridgehead atoms. The van der Waals surface area contributed by atoms with Crippen LogP contribution in [0, 0.1) is 17.8 Å². The number of carbonyl (C=O) groups is 1. The molecular formula is C27H39N2O3+. The summed E-state index contributed by atoms with van der Waals surface area (Å²) >= 11 is 0. The number of hydrogen-bond donors (Lipinski definition) is 0. The first-order valence-electron chi connectivity index (χ1n) is 12.4. The summed E-state index contributed by atoms with van der Waals surface area (Å²) < 4.78 is 16.0. The fraction of sp³-hybridized carbons (Fsp3) is 0.630. The average Bonchev–Trinajstić information content (AvgIpc) is 2.94. The summed E-state index contributed by atoms with van der Waals surface area (Å²) in [6, 6.07) is 8.21. The molecule has 1 saturated carbocycles. The fourth-order valence-corrected chi connectivity index (χ4v) is 5.57. The molecule has 0 saturated heterocycles. The molecule has 0 N–H and O–H groups in total. The van der Waals surface area contributed by atoms with Crippen LogP contribution >= 0.6 is 0 Å². The first kappa shape index (κ1) is 22.9. The van der Waals surface area contributed by atoms with Crippen molar-refractivity contribution in [3.63, 3.8) is 0 Å². The first-order chi connectivity index (χ1) is 15.5. The van der Waals surface area contributed by atoms with Crippen LogP contribution in [0.25, 0.3) is 11.3 Å². The number of esters is 1. The zero-order chi connectivity index (χ0) is 22.7. The number of benzene rings is 1. The molecule has 1 aliphatic carbocycles.